The highest BCUT2D eigenvalue weighted by Gasteiger charge is 2.27. The van der Waals surface area contributed by atoms with Gasteiger partial charge in [-0.15, -0.1) is 0 Å². The fourth-order valence-electron chi connectivity index (χ4n) is 2.81. The minimum Gasteiger partial charge on any atom is -0.338 e. The molecule has 1 heterocycles. The molecular formula is C17H14N4O3. The Morgan fingerprint density at radius 2 is 1.92 bits per heavy atom. The minimum absolute atomic E-state index is 0.0593. The number of hydrogen-bond donors (Lipinski definition) is 0. The lowest BCUT2D eigenvalue weighted by molar-refractivity contribution is -0.384. The number of amides is 1. The zero-order valence-corrected chi connectivity index (χ0v) is 13.0. The van der Waals surface area contributed by atoms with Gasteiger partial charge in [0.25, 0.3) is 5.69 Å². The number of non-ortho nitro benzene ring substituents is 1. The topological polar surface area (TPSA) is 90.5 Å². The van der Waals surface area contributed by atoms with Gasteiger partial charge in [0, 0.05) is 32.1 Å². The van der Waals surface area contributed by atoms with E-state index in [4.69, 9.17) is 0 Å². The Morgan fingerprint density at radius 3 is 2.62 bits per heavy atom. The summed E-state index contributed by atoms with van der Waals surface area (Å²) in [5, 5.41) is 20.5. The third kappa shape index (κ3) is 2.54. The molecule has 7 heteroatoms. The molecule has 0 N–H and O–H groups in total. The molecule has 0 saturated heterocycles. The largest absolute Gasteiger partial charge is 0.338 e. The van der Waals surface area contributed by atoms with E-state index in [0.29, 0.717) is 29.2 Å². The number of rotatable bonds is 2. The first-order valence-electron chi connectivity index (χ1n) is 7.34. The van der Waals surface area contributed by atoms with Crippen LogP contribution in [0.25, 0.3) is 0 Å². The fourth-order valence-corrected chi connectivity index (χ4v) is 2.81. The van der Waals surface area contributed by atoms with E-state index in [1.165, 1.54) is 17.0 Å². The lowest BCUT2D eigenvalue weighted by Gasteiger charge is -2.26. The van der Waals surface area contributed by atoms with Crippen LogP contribution in [0, 0.1) is 21.4 Å². The van der Waals surface area contributed by atoms with E-state index in [1.54, 1.807) is 42.3 Å². The molecule has 2 aromatic rings. The van der Waals surface area contributed by atoms with Crippen LogP contribution in [0.3, 0.4) is 0 Å². The first-order chi connectivity index (χ1) is 11.5. The standard InChI is InChI=1S/C17H14N4O3/c1-19-15-7-6-13(21(23)24)10-16(15)20(9-8-17(19)22)14-5-3-2-4-12(14)11-18/h2-7,10H,8-9H2,1H3. The second-order valence-corrected chi connectivity index (χ2v) is 5.41. The van der Waals surface area contributed by atoms with Crippen LogP contribution in [0.1, 0.15) is 12.0 Å². The van der Waals surface area contributed by atoms with Crippen molar-refractivity contribution < 1.29 is 9.72 Å². The number of fused-ring (bicyclic) bond motifs is 1. The van der Waals surface area contributed by atoms with Gasteiger partial charge in [0.2, 0.25) is 5.91 Å². The van der Waals surface area contributed by atoms with Crippen molar-refractivity contribution >= 4 is 28.7 Å². The maximum Gasteiger partial charge on any atom is 0.271 e. The summed E-state index contributed by atoms with van der Waals surface area (Å²) in [4.78, 5) is 26.2. The van der Waals surface area contributed by atoms with Crippen LogP contribution in [0.2, 0.25) is 0 Å². The molecule has 0 aromatic heterocycles. The fraction of sp³-hybridized carbons (Fsp3) is 0.176. The lowest BCUT2D eigenvalue weighted by atomic mass is 10.1. The van der Waals surface area contributed by atoms with Gasteiger partial charge in [0.15, 0.2) is 0 Å². The van der Waals surface area contributed by atoms with E-state index in [0.717, 1.165) is 0 Å². The summed E-state index contributed by atoms with van der Waals surface area (Å²) in [6, 6.07) is 13.5. The van der Waals surface area contributed by atoms with E-state index in [2.05, 4.69) is 6.07 Å². The molecule has 0 atom stereocenters. The number of para-hydroxylation sites is 1. The van der Waals surface area contributed by atoms with Crippen molar-refractivity contribution in [3.8, 4) is 6.07 Å². The average molecular weight is 322 g/mol. The summed E-state index contributed by atoms with van der Waals surface area (Å²) in [6.07, 6.45) is 0.249. The average Bonchev–Trinajstić information content (AvgIpc) is 2.72. The number of carbonyl (C=O) groups excluding carboxylic acids is 1. The molecule has 0 unspecified atom stereocenters. The van der Waals surface area contributed by atoms with Gasteiger partial charge in [0.1, 0.15) is 6.07 Å². The van der Waals surface area contributed by atoms with Gasteiger partial charge in [-0.25, -0.2) is 0 Å². The molecule has 120 valence electrons. The Kier molecular flexibility index (Phi) is 3.88. The molecule has 1 aliphatic rings. The first kappa shape index (κ1) is 15.5. The number of nitriles is 1. The van der Waals surface area contributed by atoms with E-state index in [1.807, 2.05) is 0 Å². The third-order valence-electron chi connectivity index (χ3n) is 4.06. The monoisotopic (exact) mass is 322 g/mol. The van der Waals surface area contributed by atoms with Gasteiger partial charge in [-0.3, -0.25) is 14.9 Å². The molecule has 7 nitrogen and oxygen atoms in total. The maximum absolute atomic E-state index is 12.2. The van der Waals surface area contributed by atoms with Gasteiger partial charge in [-0.05, 0) is 18.2 Å². The van der Waals surface area contributed by atoms with Gasteiger partial charge < -0.3 is 9.80 Å². The van der Waals surface area contributed by atoms with Crippen LogP contribution in [-0.4, -0.2) is 24.4 Å². The van der Waals surface area contributed by atoms with E-state index < -0.39 is 4.92 Å². The Bertz CT molecular complexity index is 872. The summed E-state index contributed by atoms with van der Waals surface area (Å²) in [5.74, 6) is -0.0814. The molecular weight excluding hydrogens is 308 g/mol. The molecule has 0 saturated carbocycles. The van der Waals surface area contributed by atoms with Crippen molar-refractivity contribution in [2.45, 2.75) is 6.42 Å². The molecule has 1 amide bonds. The molecule has 2 aromatic carbocycles. The van der Waals surface area contributed by atoms with Crippen LogP contribution in [0.4, 0.5) is 22.7 Å². The second kappa shape index (κ2) is 6.01. The summed E-state index contributed by atoms with van der Waals surface area (Å²) >= 11 is 0. The summed E-state index contributed by atoms with van der Waals surface area (Å²) in [7, 11) is 1.65. The number of anilines is 3. The highest BCUT2D eigenvalue weighted by Crippen LogP contribution is 2.40. The quantitative estimate of drug-likeness (QED) is 0.626. The molecule has 0 bridgehead atoms. The van der Waals surface area contributed by atoms with E-state index >= 15 is 0 Å². The smallest absolute Gasteiger partial charge is 0.271 e. The van der Waals surface area contributed by atoms with Gasteiger partial charge in [-0.2, -0.15) is 5.26 Å². The second-order valence-electron chi connectivity index (χ2n) is 5.41. The number of nitro groups is 1. The van der Waals surface area contributed by atoms with Crippen molar-refractivity contribution in [3.63, 3.8) is 0 Å². The molecule has 0 radical (unpaired) electrons. The number of nitrogens with zero attached hydrogens (tertiary/aromatic N) is 4. The van der Waals surface area contributed by atoms with E-state index in [9.17, 15) is 20.2 Å². The number of benzene rings is 2. The van der Waals surface area contributed by atoms with Crippen molar-refractivity contribution in [2.24, 2.45) is 0 Å². The zero-order chi connectivity index (χ0) is 17.3. The van der Waals surface area contributed by atoms with Crippen LogP contribution >= 0.6 is 0 Å². The van der Waals surface area contributed by atoms with Crippen molar-refractivity contribution in [1.29, 1.82) is 5.26 Å². The Morgan fingerprint density at radius 1 is 1.17 bits per heavy atom. The van der Waals surface area contributed by atoms with Crippen LogP contribution in [0.15, 0.2) is 42.5 Å². The molecule has 1 aliphatic heterocycles. The summed E-state index contributed by atoms with van der Waals surface area (Å²) in [5.41, 5.74) is 2.14. The number of hydrogen-bond acceptors (Lipinski definition) is 5. The first-order valence-corrected chi connectivity index (χ1v) is 7.34. The van der Waals surface area contributed by atoms with Gasteiger partial charge in [0.05, 0.1) is 27.5 Å². The van der Waals surface area contributed by atoms with Crippen molar-refractivity contribution in [1.82, 2.24) is 0 Å². The van der Waals surface area contributed by atoms with Gasteiger partial charge in [-0.1, -0.05) is 12.1 Å². The Labute approximate surface area is 138 Å². The Balaban J connectivity index is 2.23. The van der Waals surface area contributed by atoms with Crippen LogP contribution in [0.5, 0.6) is 0 Å². The normalized spacial score (nSPS) is 13.9. The minimum atomic E-state index is -0.471. The lowest BCUT2D eigenvalue weighted by Crippen LogP contribution is -2.25. The number of nitro benzene ring substituents is 1. The SMILES string of the molecule is CN1C(=O)CCN(c2ccccc2C#N)c2cc([N+](=O)[O-])ccc21. The van der Waals surface area contributed by atoms with Crippen molar-refractivity contribution in [2.75, 3.05) is 23.4 Å². The highest BCUT2D eigenvalue weighted by atomic mass is 16.6. The highest BCUT2D eigenvalue weighted by molar-refractivity contribution is 5.99. The third-order valence-corrected chi connectivity index (χ3v) is 4.06. The molecule has 0 aliphatic carbocycles. The summed E-state index contributed by atoms with van der Waals surface area (Å²) in [6.45, 7) is 0.343. The number of carbonyl (C=O) groups is 1. The molecule has 0 spiro atoms. The predicted octanol–water partition coefficient (Wildman–Crippen LogP) is 2.97. The van der Waals surface area contributed by atoms with Crippen LogP contribution in [-0.2, 0) is 4.79 Å². The molecule has 24 heavy (non-hydrogen) atoms. The molecule has 0 fully saturated rings. The van der Waals surface area contributed by atoms with E-state index in [-0.39, 0.29) is 18.0 Å². The van der Waals surface area contributed by atoms with Crippen LogP contribution < -0.4 is 9.80 Å². The van der Waals surface area contributed by atoms with Crippen molar-refractivity contribution in [3.05, 3.63) is 58.1 Å². The predicted molar refractivity (Wildman–Crippen MR) is 89.3 cm³/mol. The maximum atomic E-state index is 12.2. The summed E-state index contributed by atoms with van der Waals surface area (Å²) < 4.78 is 0. The van der Waals surface area contributed by atoms with Gasteiger partial charge >= 0.3 is 0 Å². The Hall–Kier alpha value is -3.40. The molecule has 3 rings (SSSR count). The zero-order valence-electron chi connectivity index (χ0n) is 13.0.